The van der Waals surface area contributed by atoms with E-state index >= 15 is 0 Å². The number of aromatic nitrogens is 3. The van der Waals surface area contributed by atoms with Gasteiger partial charge in [-0.3, -0.25) is 4.68 Å². The van der Waals surface area contributed by atoms with Crippen LogP contribution in [0.25, 0.3) is 0 Å². The van der Waals surface area contributed by atoms with Crippen molar-refractivity contribution in [2.75, 3.05) is 6.54 Å². The summed E-state index contributed by atoms with van der Waals surface area (Å²) in [7, 11) is 0. The molecule has 0 aliphatic carbocycles. The summed E-state index contributed by atoms with van der Waals surface area (Å²) in [4.78, 5) is 4.42. The normalized spacial score (nSPS) is 25.8. The van der Waals surface area contributed by atoms with Crippen molar-refractivity contribution in [1.29, 1.82) is 0 Å². The average Bonchev–Trinajstić information content (AvgIpc) is 2.66. The predicted molar refractivity (Wildman–Crippen MR) is 68.9 cm³/mol. The highest BCUT2D eigenvalue weighted by Gasteiger charge is 2.30. The maximum Gasteiger partial charge on any atom is 0.138 e. The highest BCUT2D eigenvalue weighted by atomic mass is 15.3. The molecule has 2 heterocycles. The van der Waals surface area contributed by atoms with Crippen LogP contribution in [0.1, 0.15) is 51.8 Å². The summed E-state index contributed by atoms with van der Waals surface area (Å²) in [6.45, 7) is 6.46. The van der Waals surface area contributed by atoms with Crippen LogP contribution < -0.4 is 5.32 Å². The number of nitrogens with one attached hydrogen (secondary N) is 1. The van der Waals surface area contributed by atoms with E-state index in [4.69, 9.17) is 0 Å². The van der Waals surface area contributed by atoms with Gasteiger partial charge in [-0.15, -0.1) is 0 Å². The zero-order valence-corrected chi connectivity index (χ0v) is 11.1. The summed E-state index contributed by atoms with van der Waals surface area (Å²) in [6, 6.07) is 0. The molecule has 1 aliphatic heterocycles. The Hall–Kier alpha value is -0.900. The van der Waals surface area contributed by atoms with Gasteiger partial charge in [0.2, 0.25) is 0 Å². The Balaban J connectivity index is 2.12. The van der Waals surface area contributed by atoms with E-state index in [1.54, 1.807) is 6.33 Å². The van der Waals surface area contributed by atoms with Crippen LogP contribution >= 0.6 is 0 Å². The molecule has 1 aromatic rings. The second-order valence-electron chi connectivity index (χ2n) is 5.04. The highest BCUT2D eigenvalue weighted by Crippen LogP contribution is 2.25. The van der Waals surface area contributed by atoms with E-state index in [-0.39, 0.29) is 5.54 Å². The molecule has 0 spiro atoms. The lowest BCUT2D eigenvalue weighted by Gasteiger charge is -2.32. The molecule has 1 aliphatic rings. The monoisotopic (exact) mass is 236 g/mol. The van der Waals surface area contributed by atoms with Crippen molar-refractivity contribution in [3.63, 3.8) is 0 Å². The van der Waals surface area contributed by atoms with Gasteiger partial charge < -0.3 is 5.32 Å². The number of rotatable bonds is 4. The molecular formula is C13H24N4. The van der Waals surface area contributed by atoms with E-state index in [2.05, 4.69) is 29.2 Å². The quantitative estimate of drug-likeness (QED) is 0.871. The molecule has 4 heteroatoms. The second-order valence-corrected chi connectivity index (χ2v) is 5.04. The Labute approximate surface area is 104 Å². The average molecular weight is 236 g/mol. The van der Waals surface area contributed by atoms with Crippen molar-refractivity contribution in [2.24, 2.45) is 0 Å². The molecule has 1 N–H and O–H groups in total. The van der Waals surface area contributed by atoms with E-state index in [1.807, 2.05) is 4.68 Å². The van der Waals surface area contributed by atoms with Gasteiger partial charge in [0.15, 0.2) is 0 Å². The molecule has 0 radical (unpaired) electrons. The first-order valence-corrected chi connectivity index (χ1v) is 6.91. The SMILES string of the molecule is CCn1ncnc1CC1(CC)CCCCCN1. The molecule has 0 bridgehead atoms. The van der Waals surface area contributed by atoms with Gasteiger partial charge in [-0.05, 0) is 32.7 Å². The lowest BCUT2D eigenvalue weighted by atomic mass is 9.87. The van der Waals surface area contributed by atoms with Crippen molar-refractivity contribution >= 4 is 0 Å². The maximum atomic E-state index is 4.42. The zero-order valence-electron chi connectivity index (χ0n) is 11.1. The number of hydrogen-bond donors (Lipinski definition) is 1. The van der Waals surface area contributed by atoms with Crippen molar-refractivity contribution in [1.82, 2.24) is 20.1 Å². The molecule has 0 saturated carbocycles. The van der Waals surface area contributed by atoms with Gasteiger partial charge in [-0.2, -0.15) is 5.10 Å². The fourth-order valence-electron chi connectivity index (χ4n) is 2.78. The molecule has 1 fully saturated rings. The zero-order chi connectivity index (χ0) is 12.1. The number of nitrogens with zero attached hydrogens (tertiary/aromatic N) is 3. The lowest BCUT2D eigenvalue weighted by molar-refractivity contribution is 0.292. The molecule has 1 unspecified atom stereocenters. The first-order chi connectivity index (χ1) is 8.29. The first kappa shape index (κ1) is 12.6. The standard InChI is InChI=1S/C13H24N4/c1-3-13(8-6-5-7-9-15-13)10-12-14-11-16-17(12)4-2/h11,15H,3-10H2,1-2H3. The summed E-state index contributed by atoms with van der Waals surface area (Å²) in [5, 5.41) is 8.02. The third kappa shape index (κ3) is 2.86. The van der Waals surface area contributed by atoms with Gasteiger partial charge in [0.25, 0.3) is 0 Å². The minimum absolute atomic E-state index is 0.246. The molecule has 1 aromatic heterocycles. The van der Waals surface area contributed by atoms with E-state index in [9.17, 15) is 0 Å². The summed E-state index contributed by atoms with van der Waals surface area (Å²) in [6.07, 6.45) is 9.12. The van der Waals surface area contributed by atoms with Gasteiger partial charge in [0, 0.05) is 18.5 Å². The summed E-state index contributed by atoms with van der Waals surface area (Å²) < 4.78 is 2.02. The van der Waals surface area contributed by atoms with Crippen LogP contribution in [-0.2, 0) is 13.0 Å². The maximum absolute atomic E-state index is 4.42. The van der Waals surface area contributed by atoms with Crippen LogP contribution in [0.5, 0.6) is 0 Å². The van der Waals surface area contributed by atoms with Crippen molar-refractivity contribution in [3.05, 3.63) is 12.2 Å². The van der Waals surface area contributed by atoms with Crippen LogP contribution in [0.15, 0.2) is 6.33 Å². The van der Waals surface area contributed by atoms with Crippen molar-refractivity contribution in [3.8, 4) is 0 Å². The van der Waals surface area contributed by atoms with Gasteiger partial charge >= 0.3 is 0 Å². The molecule has 96 valence electrons. The fourth-order valence-corrected chi connectivity index (χ4v) is 2.78. The smallest absolute Gasteiger partial charge is 0.138 e. The minimum atomic E-state index is 0.246. The molecule has 0 aromatic carbocycles. The first-order valence-electron chi connectivity index (χ1n) is 6.91. The summed E-state index contributed by atoms with van der Waals surface area (Å²) >= 11 is 0. The fraction of sp³-hybridized carbons (Fsp3) is 0.846. The molecule has 0 amide bonds. The van der Waals surface area contributed by atoms with E-state index in [1.165, 1.54) is 32.1 Å². The van der Waals surface area contributed by atoms with E-state index in [0.29, 0.717) is 0 Å². The Morgan fingerprint density at radius 3 is 3.00 bits per heavy atom. The third-order valence-electron chi connectivity index (χ3n) is 4.00. The van der Waals surface area contributed by atoms with Gasteiger partial charge in [-0.25, -0.2) is 4.98 Å². The molecule has 2 rings (SSSR count). The molecule has 1 saturated heterocycles. The van der Waals surface area contributed by atoms with Crippen LogP contribution in [0, 0.1) is 0 Å². The van der Waals surface area contributed by atoms with E-state index < -0.39 is 0 Å². The molecule has 4 nitrogen and oxygen atoms in total. The molecule has 1 atom stereocenters. The van der Waals surface area contributed by atoms with Gasteiger partial charge in [0.1, 0.15) is 12.2 Å². The second kappa shape index (κ2) is 5.63. The third-order valence-corrected chi connectivity index (χ3v) is 4.00. The molecular weight excluding hydrogens is 212 g/mol. The van der Waals surface area contributed by atoms with Crippen molar-refractivity contribution < 1.29 is 0 Å². The van der Waals surface area contributed by atoms with Crippen LogP contribution in [0.4, 0.5) is 0 Å². The van der Waals surface area contributed by atoms with Gasteiger partial charge in [-0.1, -0.05) is 19.8 Å². The number of aryl methyl sites for hydroxylation is 1. The predicted octanol–water partition coefficient (Wildman–Crippen LogP) is 2.15. The Morgan fingerprint density at radius 2 is 2.24 bits per heavy atom. The molecule has 17 heavy (non-hydrogen) atoms. The van der Waals surface area contributed by atoms with Gasteiger partial charge in [0.05, 0.1) is 0 Å². The summed E-state index contributed by atoms with van der Waals surface area (Å²) in [5.41, 5.74) is 0.246. The Morgan fingerprint density at radius 1 is 1.35 bits per heavy atom. The Bertz CT molecular complexity index is 337. The van der Waals surface area contributed by atoms with Crippen molar-refractivity contribution in [2.45, 2.75) is 64.5 Å². The minimum Gasteiger partial charge on any atom is -0.311 e. The lowest BCUT2D eigenvalue weighted by Crippen LogP contribution is -2.46. The van der Waals surface area contributed by atoms with E-state index in [0.717, 1.165) is 25.3 Å². The largest absolute Gasteiger partial charge is 0.311 e. The van der Waals surface area contributed by atoms with Crippen LogP contribution in [-0.4, -0.2) is 26.8 Å². The summed E-state index contributed by atoms with van der Waals surface area (Å²) in [5.74, 6) is 1.13. The topological polar surface area (TPSA) is 42.7 Å². The van der Waals surface area contributed by atoms with Crippen LogP contribution in [0.2, 0.25) is 0 Å². The number of hydrogen-bond acceptors (Lipinski definition) is 3. The highest BCUT2D eigenvalue weighted by molar-refractivity contribution is 4.99. The van der Waals surface area contributed by atoms with Crippen LogP contribution in [0.3, 0.4) is 0 Å². The Kier molecular flexibility index (Phi) is 4.15.